The van der Waals surface area contributed by atoms with Crippen LogP contribution in [0.4, 0.5) is 65.9 Å². The van der Waals surface area contributed by atoms with Gasteiger partial charge in [-0.3, -0.25) is 0 Å². The average Bonchev–Trinajstić information content (AvgIpc) is 2.90. The maximum absolute atomic E-state index is 12.3. The normalized spacial score (nSPS) is 12.2. The van der Waals surface area contributed by atoms with Crippen LogP contribution in [-0.2, 0) is 30.9 Å². The zero-order valence-corrected chi connectivity index (χ0v) is 23.1. The molecule has 48 heavy (non-hydrogen) atoms. The lowest BCUT2D eigenvalue weighted by Crippen LogP contribution is -2.19. The van der Waals surface area contributed by atoms with Crippen molar-refractivity contribution in [1.82, 2.24) is 0 Å². The van der Waals surface area contributed by atoms with Crippen LogP contribution in [0.25, 0.3) is 0 Å². The highest BCUT2D eigenvalue weighted by molar-refractivity contribution is 6.31. The highest BCUT2D eigenvalue weighted by atomic mass is 35.5. The summed E-state index contributed by atoms with van der Waals surface area (Å²) in [6.07, 6.45) is -24.9. The van der Waals surface area contributed by atoms with Gasteiger partial charge in [-0.2, -0.15) is 65.9 Å². The summed E-state index contributed by atoms with van der Waals surface area (Å²) < 4.78 is 184. The van der Waals surface area contributed by atoms with E-state index in [2.05, 4.69) is 0 Å². The molecular weight excluding hydrogens is 729 g/mol. The van der Waals surface area contributed by atoms with Gasteiger partial charge in [-0.25, -0.2) is 14.4 Å². The van der Waals surface area contributed by atoms with Crippen LogP contribution < -0.4 is 0 Å². The van der Waals surface area contributed by atoms with Crippen LogP contribution in [0.1, 0.15) is 58.9 Å². The van der Waals surface area contributed by atoms with Gasteiger partial charge in [0.05, 0.1) is 44.5 Å². The van der Waals surface area contributed by atoms with Crippen LogP contribution >= 0.6 is 11.6 Å². The first-order valence-electron chi connectivity index (χ1n) is 11.5. The summed E-state index contributed by atoms with van der Waals surface area (Å²) >= 11 is 5.38. The molecule has 0 aromatic heterocycles. The molecule has 0 aliphatic rings. The summed E-state index contributed by atoms with van der Waals surface area (Å²) in [4.78, 5) is 31.5. The number of carboxylic acids is 3. The van der Waals surface area contributed by atoms with E-state index in [1.807, 2.05) is 0 Å². The predicted octanol–water partition coefficient (Wildman–Crippen LogP) is 9.90. The number of hydrogen-bond donors (Lipinski definition) is 3. The molecule has 0 fully saturated rings. The Morgan fingerprint density at radius 3 is 1.12 bits per heavy atom. The summed E-state index contributed by atoms with van der Waals surface area (Å²) in [6, 6.07) is 3.76. The molecule has 0 radical (unpaired) electrons. The molecule has 22 heteroatoms. The molecule has 3 N–H and O–H groups in total. The first-order chi connectivity index (χ1) is 21.4. The Labute approximate surface area is 260 Å². The number of benzene rings is 3. The summed E-state index contributed by atoms with van der Waals surface area (Å²) in [5.41, 5.74) is -11.9. The summed E-state index contributed by atoms with van der Waals surface area (Å²) in [7, 11) is 0. The van der Waals surface area contributed by atoms with E-state index in [0.29, 0.717) is 24.3 Å². The molecule has 0 unspecified atom stereocenters. The van der Waals surface area contributed by atoms with E-state index in [-0.39, 0.29) is 23.2 Å². The molecule has 6 nitrogen and oxygen atoms in total. The largest absolute Gasteiger partial charge is 0.478 e. The van der Waals surface area contributed by atoms with Gasteiger partial charge in [0.2, 0.25) is 0 Å². The maximum Gasteiger partial charge on any atom is 0.417 e. The molecule has 0 saturated carbocycles. The van der Waals surface area contributed by atoms with Gasteiger partial charge in [0.15, 0.2) is 0 Å². The third kappa shape index (κ3) is 11.2. The number of hydrogen-bond acceptors (Lipinski definition) is 3. The molecule has 3 aromatic carbocycles. The Bertz CT molecular complexity index is 1620. The number of carboxylic acid groups (broad SMARTS) is 3. The van der Waals surface area contributed by atoms with Crippen molar-refractivity contribution in [3.05, 3.63) is 104 Å². The topological polar surface area (TPSA) is 112 Å². The Kier molecular flexibility index (Phi) is 12.6. The standard InChI is InChI=1S/2C9H4F6O2.C8H4ClF3O2/c10-8(11,12)4-1-2-6(9(13,14)15)5(3-4)7(16)17;10-8(11,12)4-2-1-3-5(9(13,14)15)6(4)7(16)17;9-4-1-2-6(8(10,11)12)5(3-4)7(13)14/h2*1-3H,(H,16,17);1-3H,(H,13,14). The van der Waals surface area contributed by atoms with Crippen molar-refractivity contribution >= 4 is 29.5 Å². The van der Waals surface area contributed by atoms with E-state index < -0.39 is 93.3 Å². The van der Waals surface area contributed by atoms with E-state index in [4.69, 9.17) is 26.9 Å². The van der Waals surface area contributed by atoms with Crippen LogP contribution in [0.2, 0.25) is 5.02 Å². The molecule has 0 amide bonds. The van der Waals surface area contributed by atoms with Gasteiger partial charge < -0.3 is 15.3 Å². The SMILES string of the molecule is O=C(O)c1c(C(F)(F)F)cccc1C(F)(F)F.O=C(O)c1cc(C(F)(F)F)ccc1C(F)(F)F.O=C(O)c1cc(Cl)ccc1C(F)(F)F. The second-order valence-electron chi connectivity index (χ2n) is 8.58. The second-order valence-corrected chi connectivity index (χ2v) is 9.02. The highest BCUT2D eigenvalue weighted by Crippen LogP contribution is 2.40. The maximum atomic E-state index is 12.3. The zero-order valence-electron chi connectivity index (χ0n) is 22.3. The van der Waals surface area contributed by atoms with Gasteiger partial charge in [0.1, 0.15) is 0 Å². The summed E-state index contributed by atoms with van der Waals surface area (Å²) in [5, 5.41) is 25.4. The molecular formula is C26H12ClF15O6. The van der Waals surface area contributed by atoms with Crippen molar-refractivity contribution in [2.75, 3.05) is 0 Å². The van der Waals surface area contributed by atoms with Gasteiger partial charge in [-0.1, -0.05) is 17.7 Å². The van der Waals surface area contributed by atoms with Gasteiger partial charge in [-0.05, 0) is 48.5 Å². The summed E-state index contributed by atoms with van der Waals surface area (Å²) in [6.45, 7) is 0. The van der Waals surface area contributed by atoms with Crippen molar-refractivity contribution in [2.24, 2.45) is 0 Å². The van der Waals surface area contributed by atoms with E-state index >= 15 is 0 Å². The summed E-state index contributed by atoms with van der Waals surface area (Å²) in [5.74, 6) is -5.99. The minimum Gasteiger partial charge on any atom is -0.478 e. The van der Waals surface area contributed by atoms with Crippen molar-refractivity contribution in [3.8, 4) is 0 Å². The Morgan fingerprint density at radius 2 is 0.812 bits per heavy atom. The van der Waals surface area contributed by atoms with Crippen LogP contribution in [0.15, 0.2) is 54.6 Å². The lowest BCUT2D eigenvalue weighted by atomic mass is 10.0. The Balaban J connectivity index is 0.000000362. The lowest BCUT2D eigenvalue weighted by Gasteiger charge is -2.15. The monoisotopic (exact) mass is 740 g/mol. The van der Waals surface area contributed by atoms with E-state index in [1.165, 1.54) is 0 Å². The van der Waals surface area contributed by atoms with Gasteiger partial charge >= 0.3 is 48.8 Å². The van der Waals surface area contributed by atoms with E-state index in [1.54, 1.807) is 0 Å². The Hall–Kier alpha value is -4.69. The first-order valence-corrected chi connectivity index (χ1v) is 11.9. The van der Waals surface area contributed by atoms with Crippen LogP contribution in [-0.4, -0.2) is 33.2 Å². The molecule has 0 spiro atoms. The van der Waals surface area contributed by atoms with Crippen LogP contribution in [0.5, 0.6) is 0 Å². The van der Waals surface area contributed by atoms with Crippen molar-refractivity contribution in [2.45, 2.75) is 30.9 Å². The fourth-order valence-corrected chi connectivity index (χ4v) is 3.51. The quantitative estimate of drug-likeness (QED) is 0.231. The zero-order chi connectivity index (χ0) is 37.8. The molecule has 0 aliphatic heterocycles. The van der Waals surface area contributed by atoms with E-state index in [9.17, 15) is 80.2 Å². The second kappa shape index (κ2) is 14.6. The van der Waals surface area contributed by atoms with Gasteiger partial charge in [0.25, 0.3) is 0 Å². The molecule has 0 saturated heterocycles. The molecule has 0 heterocycles. The van der Waals surface area contributed by atoms with Crippen LogP contribution in [0, 0.1) is 0 Å². The first kappa shape index (κ1) is 41.3. The third-order valence-corrected chi connectivity index (χ3v) is 5.52. The molecule has 0 atom stereocenters. The lowest BCUT2D eigenvalue weighted by molar-refractivity contribution is -0.144. The van der Waals surface area contributed by atoms with Crippen molar-refractivity contribution in [1.29, 1.82) is 0 Å². The average molecular weight is 741 g/mol. The van der Waals surface area contributed by atoms with Gasteiger partial charge in [0, 0.05) is 5.02 Å². The molecule has 3 rings (SSSR count). The number of rotatable bonds is 3. The molecule has 264 valence electrons. The predicted molar refractivity (Wildman–Crippen MR) is 130 cm³/mol. The smallest absolute Gasteiger partial charge is 0.417 e. The fraction of sp³-hybridized carbons (Fsp3) is 0.192. The number of halogens is 16. The number of alkyl halides is 15. The number of aromatic carboxylic acids is 3. The van der Waals surface area contributed by atoms with E-state index in [0.717, 1.165) is 12.1 Å². The fourth-order valence-electron chi connectivity index (χ4n) is 3.34. The third-order valence-electron chi connectivity index (χ3n) is 5.29. The van der Waals surface area contributed by atoms with Crippen molar-refractivity contribution in [3.63, 3.8) is 0 Å². The minimum atomic E-state index is -5.16. The molecule has 3 aromatic rings. The van der Waals surface area contributed by atoms with Crippen LogP contribution in [0.3, 0.4) is 0 Å². The Morgan fingerprint density at radius 1 is 0.458 bits per heavy atom. The van der Waals surface area contributed by atoms with Gasteiger partial charge in [-0.15, -0.1) is 0 Å². The van der Waals surface area contributed by atoms with Crippen molar-refractivity contribution < 1.29 is 95.6 Å². The minimum absolute atomic E-state index is 0.0366. The molecule has 0 bridgehead atoms. The molecule has 0 aliphatic carbocycles. The highest BCUT2D eigenvalue weighted by Gasteiger charge is 2.43. The number of carbonyl (C=O) groups is 3.